The van der Waals surface area contributed by atoms with Crippen molar-refractivity contribution in [2.45, 2.75) is 19.2 Å². The summed E-state index contributed by atoms with van der Waals surface area (Å²) >= 11 is -0.00690. The number of carbonyl (C=O) groups excluding carboxylic acids is 2. The van der Waals surface area contributed by atoms with Gasteiger partial charge in [-0.3, -0.25) is 0 Å². The summed E-state index contributed by atoms with van der Waals surface area (Å²) < 4.78 is 0.963. The maximum atomic E-state index is 12.4. The number of carbonyl (C=O) groups is 2. The molecule has 0 aliphatic carbocycles. The summed E-state index contributed by atoms with van der Waals surface area (Å²) in [5.74, 6) is 0.0311. The number of amides is 1. The van der Waals surface area contributed by atoms with Crippen molar-refractivity contribution in [1.82, 2.24) is 0 Å². The fraction of sp³-hybridized carbons (Fsp3) is 0.176. The van der Waals surface area contributed by atoms with Crippen molar-refractivity contribution in [2.24, 2.45) is 0 Å². The van der Waals surface area contributed by atoms with E-state index in [1.165, 1.54) is 0 Å². The van der Waals surface area contributed by atoms with Crippen LogP contribution in [0, 0.1) is 6.92 Å². The van der Waals surface area contributed by atoms with E-state index in [1.807, 2.05) is 49.4 Å². The molecule has 0 aromatic heterocycles. The molecule has 0 spiro atoms. The summed E-state index contributed by atoms with van der Waals surface area (Å²) in [5.41, 5.74) is 2.58. The third-order valence-corrected chi connectivity index (χ3v) is 5.43. The van der Waals surface area contributed by atoms with E-state index < -0.39 is 0 Å². The van der Waals surface area contributed by atoms with Crippen LogP contribution in [0.25, 0.3) is 0 Å². The number of hydrogen-bond donors (Lipinski definition) is 1. The van der Waals surface area contributed by atoms with Gasteiger partial charge in [-0.1, -0.05) is 0 Å². The van der Waals surface area contributed by atoms with Gasteiger partial charge in [0.2, 0.25) is 0 Å². The average Bonchev–Trinajstić information content (AvgIpc) is 2.47. The number of anilines is 1. The van der Waals surface area contributed by atoms with Gasteiger partial charge in [0.15, 0.2) is 0 Å². The molecule has 0 saturated carbocycles. The summed E-state index contributed by atoms with van der Waals surface area (Å²) in [4.78, 5) is 23.5. The molecule has 0 heterocycles. The number of ketones is 1. The third kappa shape index (κ3) is 4.55. The molecule has 21 heavy (non-hydrogen) atoms. The van der Waals surface area contributed by atoms with Gasteiger partial charge in [-0.2, -0.15) is 0 Å². The van der Waals surface area contributed by atoms with E-state index in [9.17, 15) is 9.59 Å². The Bertz CT molecular complexity index is 650. The predicted octanol–water partition coefficient (Wildman–Crippen LogP) is 2.58. The van der Waals surface area contributed by atoms with Gasteiger partial charge in [-0.05, 0) is 0 Å². The van der Waals surface area contributed by atoms with E-state index in [-0.39, 0.29) is 26.6 Å². The van der Waals surface area contributed by atoms with Crippen LogP contribution in [0.1, 0.15) is 22.8 Å². The van der Waals surface area contributed by atoms with E-state index in [0.29, 0.717) is 10.9 Å². The van der Waals surface area contributed by atoms with Crippen molar-refractivity contribution < 1.29 is 9.59 Å². The van der Waals surface area contributed by atoms with Crippen molar-refractivity contribution in [3.63, 3.8) is 0 Å². The molecule has 108 valence electrons. The fourth-order valence-electron chi connectivity index (χ4n) is 1.79. The molecule has 2 rings (SSSR count). The fourth-order valence-corrected chi connectivity index (χ4v) is 3.58. The van der Waals surface area contributed by atoms with E-state index in [1.54, 1.807) is 13.0 Å². The van der Waals surface area contributed by atoms with Gasteiger partial charge in [0, 0.05) is 0 Å². The van der Waals surface area contributed by atoms with Crippen molar-refractivity contribution in [2.75, 3.05) is 5.32 Å². The minimum absolute atomic E-state index is 0.00690. The average molecular weight is 346 g/mol. The van der Waals surface area contributed by atoms with Gasteiger partial charge in [0.05, 0.1) is 0 Å². The molecule has 0 radical (unpaired) electrons. The van der Waals surface area contributed by atoms with E-state index in [4.69, 9.17) is 0 Å². The topological polar surface area (TPSA) is 46.2 Å². The first kappa shape index (κ1) is 15.5. The minimum atomic E-state index is -0.125. The van der Waals surface area contributed by atoms with E-state index in [0.717, 1.165) is 15.7 Å². The van der Waals surface area contributed by atoms with Crippen LogP contribution >= 0.6 is 0 Å². The first-order valence-electron chi connectivity index (χ1n) is 6.65. The zero-order chi connectivity index (χ0) is 15.2. The molecule has 0 aliphatic heterocycles. The second kappa shape index (κ2) is 7.21. The van der Waals surface area contributed by atoms with Crippen LogP contribution in [-0.4, -0.2) is 26.6 Å². The van der Waals surface area contributed by atoms with Crippen LogP contribution in [-0.2, 0) is 4.79 Å². The molecular weight excluding hydrogens is 329 g/mol. The predicted molar refractivity (Wildman–Crippen MR) is 86.5 cm³/mol. The molecule has 0 bridgehead atoms. The molecule has 1 amide bonds. The molecule has 0 atom stereocenters. The number of aryl methyl sites for hydroxylation is 1. The van der Waals surface area contributed by atoms with Crippen LogP contribution in [0.15, 0.2) is 48.5 Å². The number of benzene rings is 2. The van der Waals surface area contributed by atoms with Crippen molar-refractivity contribution in [3.8, 4) is 0 Å². The van der Waals surface area contributed by atoms with Gasteiger partial charge >= 0.3 is 131 Å². The second-order valence-corrected chi connectivity index (χ2v) is 6.94. The molecule has 1 N–H and O–H groups in total. The van der Waals surface area contributed by atoms with Crippen LogP contribution in [0.5, 0.6) is 0 Å². The number of nitrogens with one attached hydrogen (secondary N) is 1. The zero-order valence-corrected chi connectivity index (χ0v) is 13.8. The Labute approximate surface area is 130 Å². The van der Waals surface area contributed by atoms with E-state index >= 15 is 0 Å². The maximum absolute atomic E-state index is 12.4. The zero-order valence-electron chi connectivity index (χ0n) is 12.1. The molecule has 0 fully saturated rings. The molecular formula is C17H17NO2Se. The summed E-state index contributed by atoms with van der Waals surface area (Å²) in [7, 11) is 0. The van der Waals surface area contributed by atoms with Gasteiger partial charge in [0.1, 0.15) is 0 Å². The van der Waals surface area contributed by atoms with Crippen molar-refractivity contribution >= 4 is 36.8 Å². The Morgan fingerprint density at radius 2 is 1.71 bits per heavy atom. The SMILES string of the molecule is CC(=O)C[Se]c1ccccc1C(=O)Nc1ccc(C)cc1. The monoisotopic (exact) mass is 347 g/mol. The number of Topliss-reactive ketones (excluding diaryl/α,β-unsaturated/α-hetero) is 1. The molecule has 0 unspecified atom stereocenters. The first-order valence-corrected chi connectivity index (χ1v) is 8.72. The summed E-state index contributed by atoms with van der Waals surface area (Å²) in [5, 5.41) is 3.42. The molecule has 2 aromatic carbocycles. The molecule has 2 aromatic rings. The Balaban J connectivity index is 2.14. The Kier molecular flexibility index (Phi) is 5.31. The van der Waals surface area contributed by atoms with Gasteiger partial charge in [-0.15, -0.1) is 0 Å². The van der Waals surface area contributed by atoms with E-state index in [2.05, 4.69) is 5.32 Å². The Morgan fingerprint density at radius 1 is 1.05 bits per heavy atom. The third-order valence-electron chi connectivity index (χ3n) is 2.87. The Morgan fingerprint density at radius 3 is 2.38 bits per heavy atom. The van der Waals surface area contributed by atoms with Crippen LogP contribution in [0.2, 0.25) is 5.32 Å². The van der Waals surface area contributed by atoms with Gasteiger partial charge in [0.25, 0.3) is 0 Å². The van der Waals surface area contributed by atoms with Crippen LogP contribution < -0.4 is 9.78 Å². The van der Waals surface area contributed by atoms with Gasteiger partial charge < -0.3 is 0 Å². The number of rotatable bonds is 5. The van der Waals surface area contributed by atoms with Gasteiger partial charge in [-0.25, -0.2) is 0 Å². The number of hydrogen-bond acceptors (Lipinski definition) is 2. The summed E-state index contributed by atoms with van der Waals surface area (Å²) in [6, 6.07) is 15.2. The Hall–Kier alpha value is -1.90. The van der Waals surface area contributed by atoms with Crippen molar-refractivity contribution in [3.05, 3.63) is 59.7 Å². The van der Waals surface area contributed by atoms with Crippen LogP contribution in [0.4, 0.5) is 5.69 Å². The molecule has 4 heteroatoms. The molecule has 0 aliphatic rings. The normalized spacial score (nSPS) is 10.2. The van der Waals surface area contributed by atoms with Crippen LogP contribution in [0.3, 0.4) is 0 Å². The second-order valence-electron chi connectivity index (χ2n) is 4.81. The molecule has 0 saturated heterocycles. The summed E-state index contributed by atoms with van der Waals surface area (Å²) in [6.45, 7) is 3.59. The van der Waals surface area contributed by atoms with Crippen molar-refractivity contribution in [1.29, 1.82) is 0 Å². The summed E-state index contributed by atoms with van der Waals surface area (Å²) in [6.07, 6.45) is 0. The quantitative estimate of drug-likeness (QED) is 0.846. The molecule has 3 nitrogen and oxygen atoms in total. The standard InChI is InChI=1S/C17H17NO2Se/c1-12-7-9-14(10-8-12)18-17(20)15-5-3-4-6-16(15)21-11-13(2)19/h3-10H,11H2,1-2H3,(H,18,20). The first-order chi connectivity index (χ1) is 10.1.